The van der Waals surface area contributed by atoms with Crippen molar-refractivity contribution in [2.24, 2.45) is 0 Å². The molecule has 2 aromatic rings. The normalized spacial score (nSPS) is 20.1. The zero-order valence-electron chi connectivity index (χ0n) is 15.2. The van der Waals surface area contributed by atoms with Gasteiger partial charge in [-0.05, 0) is 31.4 Å². The lowest BCUT2D eigenvalue weighted by molar-refractivity contribution is -0.143. The van der Waals surface area contributed by atoms with Gasteiger partial charge in [0.2, 0.25) is 5.91 Å². The second-order valence-electron chi connectivity index (χ2n) is 6.67. The van der Waals surface area contributed by atoms with Gasteiger partial charge < -0.3 is 14.4 Å². The first-order valence-electron chi connectivity index (χ1n) is 9.04. The van der Waals surface area contributed by atoms with Gasteiger partial charge in [0.05, 0.1) is 6.54 Å². The molecule has 0 bridgehead atoms. The van der Waals surface area contributed by atoms with Gasteiger partial charge in [0.25, 0.3) is 0 Å². The Morgan fingerprint density at radius 2 is 2.15 bits per heavy atom. The highest BCUT2D eigenvalue weighted by Gasteiger charge is 2.38. The average molecular weight is 358 g/mol. The van der Waals surface area contributed by atoms with Gasteiger partial charge in [-0.2, -0.15) is 5.10 Å². The van der Waals surface area contributed by atoms with Gasteiger partial charge in [0.15, 0.2) is 0 Å². The van der Waals surface area contributed by atoms with Crippen molar-refractivity contribution >= 4 is 5.91 Å². The van der Waals surface area contributed by atoms with Crippen LogP contribution in [0.1, 0.15) is 25.7 Å². The molecule has 1 unspecified atom stereocenters. The van der Waals surface area contributed by atoms with E-state index in [0.29, 0.717) is 26.1 Å². The molecule has 0 aliphatic carbocycles. The van der Waals surface area contributed by atoms with E-state index in [0.717, 1.165) is 31.6 Å². The summed E-state index contributed by atoms with van der Waals surface area (Å²) < 4.78 is 13.5. The number of benzene rings is 1. The van der Waals surface area contributed by atoms with Gasteiger partial charge in [-0.3, -0.25) is 9.48 Å². The van der Waals surface area contributed by atoms with Crippen molar-refractivity contribution < 1.29 is 14.3 Å². The van der Waals surface area contributed by atoms with E-state index in [1.54, 1.807) is 18.1 Å². The molecule has 1 aliphatic rings. The lowest BCUT2D eigenvalue weighted by Crippen LogP contribution is -2.54. The minimum atomic E-state index is -0.449. The summed E-state index contributed by atoms with van der Waals surface area (Å²) in [5.74, 6) is 0.978. The third kappa shape index (κ3) is 4.82. The third-order valence-electron chi connectivity index (χ3n) is 4.81. The van der Waals surface area contributed by atoms with Crippen molar-refractivity contribution in [2.45, 2.75) is 37.8 Å². The molecule has 1 fully saturated rings. The molecule has 0 N–H and O–H groups in total. The lowest BCUT2D eigenvalue weighted by atomic mass is 9.93. The maximum atomic E-state index is 12.6. The van der Waals surface area contributed by atoms with E-state index in [9.17, 15) is 4.79 Å². The van der Waals surface area contributed by atoms with Crippen LogP contribution in [0.25, 0.3) is 0 Å². The molecular formula is C19H26N4O3. The van der Waals surface area contributed by atoms with E-state index in [1.807, 2.05) is 35.2 Å². The number of hydrogen-bond donors (Lipinski definition) is 0. The van der Waals surface area contributed by atoms with Gasteiger partial charge in [-0.15, -0.1) is 0 Å². The average Bonchev–Trinajstić information content (AvgIpc) is 3.21. The molecule has 0 radical (unpaired) electrons. The van der Waals surface area contributed by atoms with Crippen LogP contribution in [0.2, 0.25) is 0 Å². The molecule has 26 heavy (non-hydrogen) atoms. The Balaban J connectivity index is 1.51. The first-order valence-corrected chi connectivity index (χ1v) is 9.04. The number of hydrogen-bond acceptors (Lipinski definition) is 5. The van der Waals surface area contributed by atoms with Crippen LogP contribution in [0, 0.1) is 0 Å². The SMILES string of the molecule is COC1(COc2ccccc2)CCCN(C(=O)CCCn2cncn2)C1. The Morgan fingerprint density at radius 3 is 2.88 bits per heavy atom. The summed E-state index contributed by atoms with van der Waals surface area (Å²) in [4.78, 5) is 18.4. The summed E-state index contributed by atoms with van der Waals surface area (Å²) >= 11 is 0. The number of amides is 1. The zero-order valence-corrected chi connectivity index (χ0v) is 15.2. The van der Waals surface area contributed by atoms with Gasteiger partial charge in [0.1, 0.15) is 30.6 Å². The van der Waals surface area contributed by atoms with Crippen LogP contribution in [0.3, 0.4) is 0 Å². The van der Waals surface area contributed by atoms with Crippen molar-refractivity contribution in [3.05, 3.63) is 43.0 Å². The highest BCUT2D eigenvalue weighted by Crippen LogP contribution is 2.26. The minimum absolute atomic E-state index is 0.158. The summed E-state index contributed by atoms with van der Waals surface area (Å²) in [6, 6.07) is 9.71. The Hall–Kier alpha value is -2.41. The number of carbonyl (C=O) groups is 1. The molecule has 7 nitrogen and oxygen atoms in total. The minimum Gasteiger partial charge on any atom is -0.491 e. The zero-order chi connectivity index (χ0) is 18.2. The molecule has 1 amide bonds. The van der Waals surface area contributed by atoms with Crippen molar-refractivity contribution in [1.29, 1.82) is 0 Å². The lowest BCUT2D eigenvalue weighted by Gasteiger charge is -2.41. The molecule has 7 heteroatoms. The second-order valence-corrected chi connectivity index (χ2v) is 6.67. The number of rotatable bonds is 8. The standard InChI is InChI=1S/C19H26N4O3/c1-25-19(14-26-17-7-3-2-4-8-17)10-6-11-22(13-19)18(24)9-5-12-23-16-20-15-21-23/h2-4,7-8,15-16H,5-6,9-14H2,1H3. The number of piperidine rings is 1. The molecule has 0 spiro atoms. The number of ether oxygens (including phenoxy) is 2. The van der Waals surface area contributed by atoms with E-state index in [2.05, 4.69) is 10.1 Å². The predicted molar refractivity (Wildman–Crippen MR) is 96.7 cm³/mol. The Bertz CT molecular complexity index is 677. The van der Waals surface area contributed by atoms with Crippen molar-refractivity contribution in [3.8, 4) is 5.75 Å². The van der Waals surface area contributed by atoms with Crippen LogP contribution < -0.4 is 4.74 Å². The largest absolute Gasteiger partial charge is 0.491 e. The van der Waals surface area contributed by atoms with Crippen LogP contribution in [-0.2, 0) is 16.1 Å². The molecule has 1 aromatic carbocycles. The van der Waals surface area contributed by atoms with Crippen LogP contribution in [-0.4, -0.2) is 58.0 Å². The van der Waals surface area contributed by atoms with Crippen molar-refractivity contribution in [1.82, 2.24) is 19.7 Å². The van der Waals surface area contributed by atoms with Gasteiger partial charge in [0, 0.05) is 26.6 Å². The molecule has 0 saturated carbocycles. The Labute approximate surface area is 153 Å². The number of para-hydroxylation sites is 1. The van der Waals surface area contributed by atoms with Gasteiger partial charge >= 0.3 is 0 Å². The second kappa shape index (κ2) is 8.80. The number of aryl methyl sites for hydroxylation is 1. The number of nitrogens with zero attached hydrogens (tertiary/aromatic N) is 4. The van der Waals surface area contributed by atoms with Crippen molar-refractivity contribution in [2.75, 3.05) is 26.8 Å². The fourth-order valence-electron chi connectivity index (χ4n) is 3.28. The highest BCUT2D eigenvalue weighted by atomic mass is 16.5. The van der Waals surface area contributed by atoms with E-state index < -0.39 is 5.60 Å². The Kier molecular flexibility index (Phi) is 6.22. The summed E-state index contributed by atoms with van der Waals surface area (Å²) in [5, 5.41) is 4.06. The molecule has 2 heterocycles. The summed E-state index contributed by atoms with van der Waals surface area (Å²) in [6.07, 6.45) is 6.23. The number of methoxy groups -OCH3 is 1. The van der Waals surface area contributed by atoms with Gasteiger partial charge in [-0.1, -0.05) is 18.2 Å². The highest BCUT2D eigenvalue weighted by molar-refractivity contribution is 5.76. The Morgan fingerprint density at radius 1 is 1.31 bits per heavy atom. The molecule has 140 valence electrons. The van der Waals surface area contributed by atoms with Crippen LogP contribution in [0.5, 0.6) is 5.75 Å². The first-order chi connectivity index (χ1) is 12.7. The topological polar surface area (TPSA) is 69.5 Å². The summed E-state index contributed by atoms with van der Waals surface area (Å²) in [6.45, 7) is 2.49. The monoisotopic (exact) mass is 358 g/mol. The fraction of sp³-hybridized carbons (Fsp3) is 0.526. The molecule has 1 aromatic heterocycles. The van der Waals surface area contributed by atoms with Gasteiger partial charge in [-0.25, -0.2) is 4.98 Å². The van der Waals surface area contributed by atoms with E-state index in [1.165, 1.54) is 6.33 Å². The van der Waals surface area contributed by atoms with Crippen LogP contribution in [0.15, 0.2) is 43.0 Å². The smallest absolute Gasteiger partial charge is 0.222 e. The van der Waals surface area contributed by atoms with E-state index >= 15 is 0 Å². The molecule has 1 atom stereocenters. The summed E-state index contributed by atoms with van der Waals surface area (Å²) in [7, 11) is 1.70. The molecule has 3 rings (SSSR count). The maximum absolute atomic E-state index is 12.6. The van der Waals surface area contributed by atoms with E-state index in [-0.39, 0.29) is 5.91 Å². The van der Waals surface area contributed by atoms with Crippen LogP contribution >= 0.6 is 0 Å². The van der Waals surface area contributed by atoms with Crippen molar-refractivity contribution in [3.63, 3.8) is 0 Å². The summed E-state index contributed by atoms with van der Waals surface area (Å²) in [5.41, 5.74) is -0.449. The number of likely N-dealkylation sites (tertiary alicyclic amines) is 1. The van der Waals surface area contributed by atoms with Crippen LogP contribution in [0.4, 0.5) is 0 Å². The number of carbonyl (C=O) groups excluding carboxylic acids is 1. The predicted octanol–water partition coefficient (Wildman–Crippen LogP) is 2.14. The number of aromatic nitrogens is 3. The molecular weight excluding hydrogens is 332 g/mol. The molecule has 1 saturated heterocycles. The molecule has 1 aliphatic heterocycles. The third-order valence-corrected chi connectivity index (χ3v) is 4.81. The quantitative estimate of drug-likeness (QED) is 0.723. The maximum Gasteiger partial charge on any atom is 0.222 e. The van der Waals surface area contributed by atoms with E-state index in [4.69, 9.17) is 9.47 Å². The fourth-order valence-corrected chi connectivity index (χ4v) is 3.28. The first kappa shape index (κ1) is 18.4.